The number of carbonyl (C=O) groups is 1. The van der Waals surface area contributed by atoms with Gasteiger partial charge >= 0.3 is 0 Å². The van der Waals surface area contributed by atoms with Gasteiger partial charge in [0.2, 0.25) is 5.91 Å². The monoisotopic (exact) mass is 430 g/mol. The molecular weight excluding hydrogens is 411 g/mol. The third-order valence-electron chi connectivity index (χ3n) is 4.92. The highest BCUT2D eigenvalue weighted by molar-refractivity contribution is 6.36. The van der Waals surface area contributed by atoms with Crippen LogP contribution < -0.4 is 0 Å². The minimum atomic E-state index is 0.162. The summed E-state index contributed by atoms with van der Waals surface area (Å²) in [6.07, 6.45) is 0.441. The van der Waals surface area contributed by atoms with Crippen molar-refractivity contribution in [1.82, 2.24) is 19.9 Å². The second kappa shape index (κ2) is 8.95. The standard InChI is InChI=1S/C21H20Cl2N4O2/c22-16-6-7-17(18(23)13-16)21-24-19(25-29-21)14-26-8-10-27(11-9-26)20(28)12-15-4-2-1-3-5-15/h1-7,13H,8-12,14H2. The number of halogens is 2. The molecule has 0 spiro atoms. The van der Waals surface area contributed by atoms with E-state index in [0.29, 0.717) is 53.4 Å². The Bertz CT molecular complexity index is 985. The van der Waals surface area contributed by atoms with Gasteiger partial charge in [-0.05, 0) is 23.8 Å². The van der Waals surface area contributed by atoms with Crippen molar-refractivity contribution in [3.8, 4) is 11.5 Å². The van der Waals surface area contributed by atoms with Gasteiger partial charge in [0.1, 0.15) is 0 Å². The summed E-state index contributed by atoms with van der Waals surface area (Å²) in [6, 6.07) is 15.0. The molecule has 150 valence electrons. The average Bonchev–Trinajstić information content (AvgIpc) is 3.17. The fraction of sp³-hybridized carbons (Fsp3) is 0.286. The number of hydrogen-bond acceptors (Lipinski definition) is 5. The third kappa shape index (κ3) is 4.96. The van der Waals surface area contributed by atoms with Crippen LogP contribution in [0.5, 0.6) is 0 Å². The summed E-state index contributed by atoms with van der Waals surface area (Å²) in [7, 11) is 0. The summed E-state index contributed by atoms with van der Waals surface area (Å²) in [6.45, 7) is 3.49. The van der Waals surface area contributed by atoms with Crippen LogP contribution in [0, 0.1) is 0 Å². The molecule has 0 aliphatic carbocycles. The molecule has 0 N–H and O–H groups in total. The maximum absolute atomic E-state index is 12.5. The van der Waals surface area contributed by atoms with Crippen LogP contribution in [-0.2, 0) is 17.8 Å². The number of piperazine rings is 1. The van der Waals surface area contributed by atoms with E-state index in [2.05, 4.69) is 15.0 Å². The quantitative estimate of drug-likeness (QED) is 0.613. The van der Waals surface area contributed by atoms with Crippen LogP contribution in [0.4, 0.5) is 0 Å². The van der Waals surface area contributed by atoms with Gasteiger partial charge in [-0.25, -0.2) is 0 Å². The highest BCUT2D eigenvalue weighted by Crippen LogP contribution is 2.29. The van der Waals surface area contributed by atoms with E-state index in [1.165, 1.54) is 0 Å². The zero-order chi connectivity index (χ0) is 20.2. The summed E-state index contributed by atoms with van der Waals surface area (Å²) >= 11 is 12.1. The van der Waals surface area contributed by atoms with Gasteiger partial charge in [-0.2, -0.15) is 4.98 Å². The summed E-state index contributed by atoms with van der Waals surface area (Å²) in [5.74, 6) is 1.13. The Morgan fingerprint density at radius 2 is 1.79 bits per heavy atom. The maximum Gasteiger partial charge on any atom is 0.259 e. The van der Waals surface area contributed by atoms with Crippen molar-refractivity contribution in [1.29, 1.82) is 0 Å². The van der Waals surface area contributed by atoms with Gasteiger partial charge in [-0.15, -0.1) is 0 Å². The van der Waals surface area contributed by atoms with E-state index in [4.69, 9.17) is 27.7 Å². The molecule has 0 saturated carbocycles. The molecule has 1 aliphatic rings. The molecule has 1 aromatic heterocycles. The average molecular weight is 431 g/mol. The molecule has 29 heavy (non-hydrogen) atoms. The van der Waals surface area contributed by atoms with E-state index in [9.17, 15) is 4.79 Å². The number of benzene rings is 2. The Hall–Kier alpha value is -2.41. The molecule has 2 aromatic carbocycles. The second-order valence-electron chi connectivity index (χ2n) is 6.96. The fourth-order valence-electron chi connectivity index (χ4n) is 3.33. The Balaban J connectivity index is 1.31. The molecule has 8 heteroatoms. The Morgan fingerprint density at radius 1 is 1.03 bits per heavy atom. The van der Waals surface area contributed by atoms with E-state index >= 15 is 0 Å². The summed E-state index contributed by atoms with van der Waals surface area (Å²) in [5.41, 5.74) is 1.70. The molecule has 2 heterocycles. The van der Waals surface area contributed by atoms with Crippen molar-refractivity contribution in [2.24, 2.45) is 0 Å². The zero-order valence-corrected chi connectivity index (χ0v) is 17.2. The van der Waals surface area contributed by atoms with Crippen molar-refractivity contribution in [3.05, 3.63) is 70.0 Å². The van der Waals surface area contributed by atoms with Crippen LogP contribution in [0.3, 0.4) is 0 Å². The number of nitrogens with zero attached hydrogens (tertiary/aromatic N) is 4. The molecular formula is C21H20Cl2N4O2. The molecule has 0 radical (unpaired) electrons. The summed E-state index contributed by atoms with van der Waals surface area (Å²) in [4.78, 5) is 21.1. The van der Waals surface area contributed by atoms with Crippen molar-refractivity contribution in [2.75, 3.05) is 26.2 Å². The Morgan fingerprint density at radius 3 is 2.52 bits per heavy atom. The molecule has 4 rings (SSSR count). The molecule has 6 nitrogen and oxygen atoms in total. The van der Waals surface area contributed by atoms with E-state index in [-0.39, 0.29) is 5.91 Å². The van der Waals surface area contributed by atoms with Crippen molar-refractivity contribution in [3.63, 3.8) is 0 Å². The molecule has 1 aliphatic heterocycles. The number of aromatic nitrogens is 2. The van der Waals surface area contributed by atoms with Crippen molar-refractivity contribution < 1.29 is 9.32 Å². The summed E-state index contributed by atoms with van der Waals surface area (Å²) in [5, 5.41) is 5.08. The van der Waals surface area contributed by atoms with Gasteiger partial charge in [0.25, 0.3) is 5.89 Å². The second-order valence-corrected chi connectivity index (χ2v) is 7.80. The molecule has 0 atom stereocenters. The van der Waals surface area contributed by atoms with E-state index < -0.39 is 0 Å². The first kappa shape index (κ1) is 19.9. The van der Waals surface area contributed by atoms with Gasteiger partial charge in [0.05, 0.1) is 23.6 Å². The van der Waals surface area contributed by atoms with E-state index in [1.54, 1.807) is 18.2 Å². The third-order valence-corrected chi connectivity index (χ3v) is 5.47. The van der Waals surface area contributed by atoms with Crippen LogP contribution in [0.2, 0.25) is 10.0 Å². The lowest BCUT2D eigenvalue weighted by Crippen LogP contribution is -2.48. The molecule has 0 bridgehead atoms. The Kier molecular flexibility index (Phi) is 6.13. The van der Waals surface area contributed by atoms with Crippen LogP contribution in [-0.4, -0.2) is 52.0 Å². The van der Waals surface area contributed by atoms with Gasteiger partial charge in [0.15, 0.2) is 5.82 Å². The molecule has 1 fully saturated rings. The fourth-order valence-corrected chi connectivity index (χ4v) is 3.82. The predicted molar refractivity (Wildman–Crippen MR) is 112 cm³/mol. The number of amides is 1. The lowest BCUT2D eigenvalue weighted by molar-refractivity contribution is -0.132. The smallest absolute Gasteiger partial charge is 0.259 e. The van der Waals surface area contributed by atoms with Gasteiger partial charge in [-0.1, -0.05) is 58.7 Å². The number of hydrogen-bond donors (Lipinski definition) is 0. The van der Waals surface area contributed by atoms with E-state index in [0.717, 1.165) is 18.7 Å². The van der Waals surface area contributed by atoms with Gasteiger partial charge in [-0.3, -0.25) is 9.69 Å². The summed E-state index contributed by atoms with van der Waals surface area (Å²) < 4.78 is 5.36. The first-order valence-corrected chi connectivity index (χ1v) is 10.2. The highest BCUT2D eigenvalue weighted by atomic mass is 35.5. The van der Waals surface area contributed by atoms with Gasteiger partial charge in [0, 0.05) is 31.2 Å². The maximum atomic E-state index is 12.5. The highest BCUT2D eigenvalue weighted by Gasteiger charge is 2.23. The SMILES string of the molecule is O=C(Cc1ccccc1)N1CCN(Cc2noc(-c3ccc(Cl)cc3Cl)n2)CC1. The zero-order valence-electron chi connectivity index (χ0n) is 15.7. The molecule has 1 saturated heterocycles. The topological polar surface area (TPSA) is 62.5 Å². The van der Waals surface area contributed by atoms with Crippen molar-refractivity contribution in [2.45, 2.75) is 13.0 Å². The lowest BCUT2D eigenvalue weighted by atomic mass is 10.1. The van der Waals surface area contributed by atoms with Crippen LogP contribution >= 0.6 is 23.2 Å². The first-order chi connectivity index (χ1) is 14.1. The number of rotatable bonds is 5. The first-order valence-electron chi connectivity index (χ1n) is 9.40. The largest absolute Gasteiger partial charge is 0.340 e. The Labute approximate surface area is 179 Å². The normalized spacial score (nSPS) is 14.9. The van der Waals surface area contributed by atoms with E-state index in [1.807, 2.05) is 35.2 Å². The minimum Gasteiger partial charge on any atom is -0.340 e. The van der Waals surface area contributed by atoms with Crippen LogP contribution in [0.15, 0.2) is 53.1 Å². The van der Waals surface area contributed by atoms with Crippen LogP contribution in [0.1, 0.15) is 11.4 Å². The number of carbonyl (C=O) groups excluding carboxylic acids is 1. The minimum absolute atomic E-state index is 0.162. The van der Waals surface area contributed by atoms with Gasteiger partial charge < -0.3 is 9.42 Å². The molecule has 3 aromatic rings. The molecule has 1 amide bonds. The van der Waals surface area contributed by atoms with Crippen molar-refractivity contribution >= 4 is 29.1 Å². The molecule has 0 unspecified atom stereocenters. The van der Waals surface area contributed by atoms with Crippen LogP contribution in [0.25, 0.3) is 11.5 Å². The lowest BCUT2D eigenvalue weighted by Gasteiger charge is -2.34. The predicted octanol–water partition coefficient (Wildman–Crippen LogP) is 3.93.